The molecule has 1 aliphatic rings. The third-order valence-electron chi connectivity index (χ3n) is 17.6. The van der Waals surface area contributed by atoms with E-state index in [1.807, 2.05) is 0 Å². The Kier molecular flexibility index (Phi) is 40.7. The maximum atomic E-state index is 14.8. The number of nitrogens with two attached hydrogens (primary N) is 5. The molecule has 1 saturated heterocycles. The highest BCUT2D eigenvalue weighted by Gasteiger charge is 2.39. The first-order valence-corrected chi connectivity index (χ1v) is 36.2. The number of phenols is 1. The zero-order valence-corrected chi connectivity index (χ0v) is 62.3. The number of primary amides is 2. The fourth-order valence-corrected chi connectivity index (χ4v) is 11.3. The van der Waals surface area contributed by atoms with Crippen molar-refractivity contribution in [2.24, 2.45) is 45.5 Å². The number of aliphatic hydroxyl groups is 3. The molecule has 0 radical (unpaired) electrons. The number of unbranched alkanes of at least 4 members (excludes halogenated alkanes) is 1. The smallest absolute Gasteiger partial charge is 0.326 e. The fourth-order valence-electron chi connectivity index (χ4n) is 11.3. The molecule has 15 atom stereocenters. The summed E-state index contributed by atoms with van der Waals surface area (Å²) in [5, 5.41) is 84.4. The monoisotopic (exact) mass is 1540 g/mol. The second-order valence-corrected chi connectivity index (χ2v) is 27.2. The predicted molar refractivity (Wildman–Crippen MR) is 394 cm³/mol. The number of guanidine groups is 1. The van der Waals surface area contributed by atoms with E-state index in [9.17, 15) is 97.5 Å². The molecule has 109 heavy (non-hydrogen) atoms. The summed E-state index contributed by atoms with van der Waals surface area (Å²) in [5.74, 6) is -16.8. The Morgan fingerprint density at radius 1 is 0.514 bits per heavy atom. The highest BCUT2D eigenvalue weighted by molar-refractivity contribution is 6.00. The first kappa shape index (κ1) is 92.6. The number of aromatic hydroxyl groups is 1. The van der Waals surface area contributed by atoms with Gasteiger partial charge >= 0.3 is 5.97 Å². The Morgan fingerprint density at radius 2 is 0.954 bits per heavy atom. The van der Waals surface area contributed by atoms with Crippen LogP contribution in [-0.2, 0) is 84.8 Å². The number of rotatable bonds is 50. The maximum Gasteiger partial charge on any atom is 0.326 e. The van der Waals surface area contributed by atoms with Crippen LogP contribution < -0.4 is 97.8 Å². The number of aliphatic imine (C=N–C) groups is 1. The van der Waals surface area contributed by atoms with Crippen LogP contribution >= 0.6 is 0 Å². The van der Waals surface area contributed by atoms with Crippen molar-refractivity contribution in [1.82, 2.24) is 69.1 Å². The van der Waals surface area contributed by atoms with Gasteiger partial charge in [0, 0.05) is 32.2 Å². The van der Waals surface area contributed by atoms with Crippen LogP contribution in [0.3, 0.4) is 0 Å². The van der Waals surface area contributed by atoms with Gasteiger partial charge in [-0.15, -0.1) is 0 Å². The average molecular weight is 1540 g/mol. The van der Waals surface area contributed by atoms with Crippen LogP contribution in [0.5, 0.6) is 5.75 Å². The fraction of sp³-hybridized carbons (Fsp3) is 0.600. The third-order valence-corrected chi connectivity index (χ3v) is 17.6. The highest BCUT2D eigenvalue weighted by atomic mass is 16.4. The van der Waals surface area contributed by atoms with Crippen LogP contribution in [0.1, 0.15) is 136 Å². The van der Waals surface area contributed by atoms with Gasteiger partial charge < -0.3 is 123 Å². The number of aliphatic hydroxyl groups excluding tert-OH is 3. The van der Waals surface area contributed by atoms with E-state index in [2.05, 4.69) is 74.1 Å². The van der Waals surface area contributed by atoms with Crippen molar-refractivity contribution in [3.63, 3.8) is 0 Å². The first-order chi connectivity index (χ1) is 51.5. The molecule has 3 rings (SSSR count). The summed E-state index contributed by atoms with van der Waals surface area (Å²) in [4.78, 5) is 209. The predicted octanol–water partition coefficient (Wildman–Crippen LogP) is -6.98. The lowest BCUT2D eigenvalue weighted by atomic mass is 9.96. The van der Waals surface area contributed by atoms with Crippen molar-refractivity contribution in [3.05, 3.63) is 65.7 Å². The van der Waals surface area contributed by atoms with Crippen molar-refractivity contribution in [1.29, 1.82) is 0 Å². The zero-order valence-electron chi connectivity index (χ0n) is 62.3. The lowest BCUT2D eigenvalue weighted by Crippen LogP contribution is -2.63. The Hall–Kier alpha value is -10.6. The minimum absolute atomic E-state index is 0.0263. The molecule has 14 amide bonds. The van der Waals surface area contributed by atoms with Gasteiger partial charge in [0.25, 0.3) is 0 Å². The van der Waals surface area contributed by atoms with Crippen molar-refractivity contribution >= 4 is 94.6 Å². The molecular formula is C70H111N19O20. The van der Waals surface area contributed by atoms with Crippen LogP contribution in [-0.4, -0.2) is 238 Å². The average Bonchev–Trinajstić information content (AvgIpc) is 1.05. The molecule has 1 aliphatic heterocycles. The molecule has 0 bridgehead atoms. The summed E-state index contributed by atoms with van der Waals surface area (Å²) in [7, 11) is 0. The summed E-state index contributed by atoms with van der Waals surface area (Å²) in [6.45, 7) is 7.76. The Morgan fingerprint density at radius 3 is 1.46 bits per heavy atom. The van der Waals surface area contributed by atoms with Crippen LogP contribution in [0.15, 0.2) is 59.6 Å². The van der Waals surface area contributed by atoms with E-state index in [0.29, 0.717) is 37.8 Å². The van der Waals surface area contributed by atoms with E-state index in [1.54, 1.807) is 58.0 Å². The molecule has 1 fully saturated rings. The van der Waals surface area contributed by atoms with Gasteiger partial charge in [0.05, 0.1) is 31.4 Å². The standard InChI is InChI=1S/C70H111N19O20/c1-7-37(4)55(66(105)82-46(24-26-52(72)94)58(97)78-34-54(96)79-44(17-11-12-28-71)60(99)85-50(69(108)109)31-36(2)3)87-62(101)45(19-14-30-77-70(74)75)80-63(102)48(33-41-20-22-42(93)23-21-41)83-61(100)47(25-27-53(73)95)81-65(104)51(35-90)86-68(107)57(39(6)92)89-64(103)49(32-40-15-9-8-10-16-40)84-67(106)56(38(5)91)88-59(98)43-18-13-29-76-43/h8-10,15-16,20-23,36-39,43-51,55-57,76,90-93H,7,11-14,17-19,24-35,71H2,1-6H3,(H2,72,94)(H2,73,95)(H,78,97)(H,79,96)(H,80,102)(H,81,104)(H,82,105)(H,83,100)(H,84,106)(H,85,99)(H,86,107)(H,87,101)(H,88,98)(H,89,103)(H,108,109)(H4,74,75,77)/t37-,38+,39+,43-,44-,45-,46-,47-,48-,49-,50-,51-,55-,56-,57-/m0/s1. The third kappa shape index (κ3) is 34.0. The second kappa shape index (κ2) is 47.9. The van der Waals surface area contributed by atoms with E-state index < -0.39 is 225 Å². The lowest BCUT2D eigenvalue weighted by molar-refractivity contribution is -0.142. The summed E-state index contributed by atoms with van der Waals surface area (Å²) < 4.78 is 0. The molecule has 2 aromatic carbocycles. The number of carbonyl (C=O) groups excluding carboxylic acids is 14. The maximum absolute atomic E-state index is 14.8. The van der Waals surface area contributed by atoms with E-state index >= 15 is 0 Å². The second-order valence-electron chi connectivity index (χ2n) is 27.2. The molecule has 0 aromatic heterocycles. The van der Waals surface area contributed by atoms with Crippen molar-refractivity contribution in [3.8, 4) is 5.75 Å². The van der Waals surface area contributed by atoms with Gasteiger partial charge in [-0.25, -0.2) is 4.79 Å². The van der Waals surface area contributed by atoms with Gasteiger partial charge in [-0.2, -0.15) is 0 Å². The van der Waals surface area contributed by atoms with Gasteiger partial charge in [0.1, 0.15) is 72.2 Å². The van der Waals surface area contributed by atoms with E-state index in [0.717, 1.165) is 6.92 Å². The van der Waals surface area contributed by atoms with Crippen LogP contribution in [0.4, 0.5) is 0 Å². The molecule has 606 valence electrons. The summed E-state index contributed by atoms with van der Waals surface area (Å²) in [5.41, 5.74) is 28.5. The van der Waals surface area contributed by atoms with Crippen LogP contribution in [0.2, 0.25) is 0 Å². The summed E-state index contributed by atoms with van der Waals surface area (Å²) in [6, 6.07) is -5.06. The van der Waals surface area contributed by atoms with Gasteiger partial charge in [-0.3, -0.25) is 72.1 Å². The molecule has 28 N–H and O–H groups in total. The first-order valence-electron chi connectivity index (χ1n) is 36.2. The SMILES string of the molecule is CC[C@H](C)[C@H](NC(=O)[C@H](CCCN=C(N)N)NC(=O)[C@H](Cc1ccc(O)cc1)NC(=O)[C@H](CCC(N)=O)NC(=O)[C@H](CO)NC(=O)[C@@H](NC(=O)[C@H](Cc1ccccc1)NC(=O)[C@@H](NC(=O)[C@@H]1CCCN1)[C@@H](C)O)[C@@H](C)O)C(=O)N[C@@H](CCC(N)=O)C(=O)NCC(=O)N[C@@H](CCCCN)C(=O)N[C@@H](CC(C)C)C(=O)O. The number of nitrogens with zero attached hydrogens (tertiary/aromatic N) is 1. The largest absolute Gasteiger partial charge is 0.508 e. The van der Waals surface area contributed by atoms with Crippen molar-refractivity contribution in [2.75, 3.05) is 32.8 Å². The number of hydrogen-bond acceptors (Lipinski definition) is 22. The summed E-state index contributed by atoms with van der Waals surface area (Å²) in [6.07, 6.45) is -4.02. The Balaban J connectivity index is 1.96. The Labute approximate surface area is 631 Å². The number of hydrogen-bond donors (Lipinski definition) is 23. The normalized spacial score (nSPS) is 16.3. The lowest BCUT2D eigenvalue weighted by Gasteiger charge is -2.29. The number of amides is 14. The van der Waals surface area contributed by atoms with Crippen molar-refractivity contribution < 1.29 is 97.5 Å². The number of carboxylic acid groups (broad SMARTS) is 1. The van der Waals surface area contributed by atoms with Gasteiger partial charge in [-0.05, 0) is 126 Å². The van der Waals surface area contributed by atoms with E-state index in [-0.39, 0.29) is 74.8 Å². The number of carbonyl (C=O) groups is 15. The molecule has 39 heteroatoms. The van der Waals surface area contributed by atoms with Gasteiger partial charge in [-0.1, -0.05) is 76.6 Å². The molecule has 0 unspecified atom stereocenters. The molecule has 0 saturated carbocycles. The molecule has 0 aliphatic carbocycles. The molecular weight excluding hydrogens is 1430 g/mol. The van der Waals surface area contributed by atoms with Gasteiger partial charge in [0.2, 0.25) is 82.7 Å². The highest BCUT2D eigenvalue weighted by Crippen LogP contribution is 2.17. The van der Waals surface area contributed by atoms with Crippen molar-refractivity contribution in [2.45, 2.75) is 223 Å². The number of nitrogens with one attached hydrogen (secondary N) is 13. The Bertz CT molecular complexity index is 3410. The number of aliphatic carboxylic acids is 1. The number of carboxylic acids is 1. The summed E-state index contributed by atoms with van der Waals surface area (Å²) >= 11 is 0. The number of benzene rings is 2. The molecule has 0 spiro atoms. The van der Waals surface area contributed by atoms with E-state index in [1.165, 1.54) is 31.2 Å². The van der Waals surface area contributed by atoms with Gasteiger partial charge in [0.15, 0.2) is 5.96 Å². The zero-order chi connectivity index (χ0) is 81.6. The topological polar surface area (TPSA) is 656 Å². The quantitative estimate of drug-likeness (QED) is 0.0166. The van der Waals surface area contributed by atoms with Crippen LogP contribution in [0.25, 0.3) is 0 Å². The number of phenolic OH excluding ortho intramolecular Hbond substituents is 1. The van der Waals surface area contributed by atoms with Crippen LogP contribution in [0, 0.1) is 11.8 Å². The molecule has 39 nitrogen and oxygen atoms in total. The molecule has 1 heterocycles. The minimum atomic E-state index is -2.00. The minimum Gasteiger partial charge on any atom is -0.508 e. The van der Waals surface area contributed by atoms with E-state index in [4.69, 9.17) is 28.7 Å². The molecule has 2 aromatic rings.